The van der Waals surface area contributed by atoms with Gasteiger partial charge in [0.15, 0.2) is 0 Å². The van der Waals surface area contributed by atoms with Crippen LogP contribution in [0.5, 0.6) is 5.75 Å². The number of nitrogens with one attached hydrogen (secondary N) is 1. The van der Waals surface area contributed by atoms with E-state index in [1.54, 1.807) is 0 Å². The standard InChI is InChI=1S/C21H32N2O2.ClH/c1-17-5-4-6-20(15-17)25-14-3-2-7-21(24)23-12-10-19(11-13-23)22-16-18-8-9-18;/h4-6,15,18-19,22H,2-3,7-14,16H2,1H3;1H. The van der Waals surface area contributed by atoms with E-state index in [4.69, 9.17) is 4.74 Å². The Morgan fingerprint density at radius 2 is 1.96 bits per heavy atom. The summed E-state index contributed by atoms with van der Waals surface area (Å²) in [5.41, 5.74) is 1.21. The molecule has 1 aliphatic carbocycles. The lowest BCUT2D eigenvalue weighted by atomic mass is 10.0. The van der Waals surface area contributed by atoms with Crippen LogP contribution in [-0.4, -0.2) is 43.1 Å². The molecule has 1 aliphatic heterocycles. The highest BCUT2D eigenvalue weighted by atomic mass is 35.5. The number of aryl methyl sites for hydroxylation is 1. The topological polar surface area (TPSA) is 41.6 Å². The van der Waals surface area contributed by atoms with Crippen LogP contribution in [0.3, 0.4) is 0 Å². The molecule has 1 saturated carbocycles. The maximum Gasteiger partial charge on any atom is 0.222 e. The number of piperidine rings is 1. The Kier molecular flexibility index (Phi) is 8.73. The first kappa shape index (κ1) is 21.0. The lowest BCUT2D eigenvalue weighted by Crippen LogP contribution is -2.45. The molecule has 4 nitrogen and oxygen atoms in total. The van der Waals surface area contributed by atoms with E-state index in [0.717, 1.165) is 50.4 Å². The summed E-state index contributed by atoms with van der Waals surface area (Å²) in [6.07, 6.45) is 7.50. The van der Waals surface area contributed by atoms with Crippen molar-refractivity contribution in [3.05, 3.63) is 29.8 Å². The minimum atomic E-state index is 0. The monoisotopic (exact) mass is 380 g/mol. The minimum absolute atomic E-state index is 0. The van der Waals surface area contributed by atoms with Gasteiger partial charge in [0.05, 0.1) is 6.61 Å². The molecule has 1 N–H and O–H groups in total. The molecule has 0 spiro atoms. The van der Waals surface area contributed by atoms with E-state index in [-0.39, 0.29) is 12.4 Å². The van der Waals surface area contributed by atoms with Crippen molar-refractivity contribution in [3.8, 4) is 5.75 Å². The highest BCUT2D eigenvalue weighted by Gasteiger charge is 2.25. The molecule has 2 fully saturated rings. The van der Waals surface area contributed by atoms with Crippen LogP contribution in [0.25, 0.3) is 0 Å². The number of likely N-dealkylation sites (tertiary alicyclic amines) is 1. The van der Waals surface area contributed by atoms with Crippen molar-refractivity contribution in [2.45, 2.75) is 57.9 Å². The summed E-state index contributed by atoms with van der Waals surface area (Å²) < 4.78 is 5.75. The number of benzene rings is 1. The van der Waals surface area contributed by atoms with Crippen molar-refractivity contribution in [1.82, 2.24) is 10.2 Å². The number of halogens is 1. The van der Waals surface area contributed by atoms with Gasteiger partial charge < -0.3 is 15.0 Å². The summed E-state index contributed by atoms with van der Waals surface area (Å²) >= 11 is 0. The zero-order valence-electron chi connectivity index (χ0n) is 15.9. The van der Waals surface area contributed by atoms with Crippen molar-refractivity contribution in [2.24, 2.45) is 5.92 Å². The van der Waals surface area contributed by atoms with Gasteiger partial charge in [-0.15, -0.1) is 12.4 Å². The van der Waals surface area contributed by atoms with Crippen molar-refractivity contribution >= 4 is 18.3 Å². The normalized spacial score (nSPS) is 17.7. The van der Waals surface area contributed by atoms with E-state index in [0.29, 0.717) is 25.0 Å². The molecule has 1 heterocycles. The molecule has 0 radical (unpaired) electrons. The number of nitrogens with zero attached hydrogens (tertiary/aromatic N) is 1. The number of hydrogen-bond donors (Lipinski definition) is 1. The van der Waals surface area contributed by atoms with Crippen molar-refractivity contribution in [2.75, 3.05) is 26.2 Å². The molecule has 0 bridgehead atoms. The Morgan fingerprint density at radius 3 is 2.65 bits per heavy atom. The summed E-state index contributed by atoms with van der Waals surface area (Å²) in [4.78, 5) is 14.4. The Morgan fingerprint density at radius 1 is 1.19 bits per heavy atom. The van der Waals surface area contributed by atoms with Gasteiger partial charge in [0.1, 0.15) is 5.75 Å². The fourth-order valence-electron chi connectivity index (χ4n) is 3.42. The van der Waals surface area contributed by atoms with Gasteiger partial charge in [-0.25, -0.2) is 0 Å². The molecule has 5 heteroatoms. The minimum Gasteiger partial charge on any atom is -0.494 e. The number of carbonyl (C=O) groups excluding carboxylic acids is 1. The molecular weight excluding hydrogens is 348 g/mol. The zero-order chi connectivity index (χ0) is 17.5. The highest BCUT2D eigenvalue weighted by molar-refractivity contribution is 5.85. The van der Waals surface area contributed by atoms with Gasteiger partial charge in [0.25, 0.3) is 0 Å². The fraction of sp³-hybridized carbons (Fsp3) is 0.667. The van der Waals surface area contributed by atoms with Crippen LogP contribution in [-0.2, 0) is 4.79 Å². The average Bonchev–Trinajstić information content (AvgIpc) is 3.44. The molecule has 1 aromatic rings. The lowest BCUT2D eigenvalue weighted by molar-refractivity contribution is -0.132. The second kappa shape index (κ2) is 10.8. The number of hydrogen-bond acceptors (Lipinski definition) is 3. The van der Waals surface area contributed by atoms with Gasteiger partial charge in [-0.2, -0.15) is 0 Å². The molecule has 3 rings (SSSR count). The number of ether oxygens (including phenoxy) is 1. The zero-order valence-corrected chi connectivity index (χ0v) is 16.7. The van der Waals surface area contributed by atoms with E-state index < -0.39 is 0 Å². The number of amides is 1. The SMILES string of the molecule is Cc1cccc(OCCCCC(=O)N2CCC(NCC3CC3)CC2)c1.Cl. The maximum absolute atomic E-state index is 12.3. The summed E-state index contributed by atoms with van der Waals surface area (Å²) in [5.74, 6) is 2.17. The Bertz CT molecular complexity index is 555. The van der Waals surface area contributed by atoms with Gasteiger partial charge in [0.2, 0.25) is 5.91 Å². The van der Waals surface area contributed by atoms with E-state index in [2.05, 4.69) is 23.2 Å². The van der Waals surface area contributed by atoms with Gasteiger partial charge in [-0.1, -0.05) is 12.1 Å². The second-order valence-corrected chi connectivity index (χ2v) is 7.63. The van der Waals surface area contributed by atoms with E-state index >= 15 is 0 Å². The Hall–Kier alpha value is -1.26. The third-order valence-corrected chi connectivity index (χ3v) is 5.28. The predicted molar refractivity (Wildman–Crippen MR) is 108 cm³/mol. The van der Waals surface area contributed by atoms with Crippen LogP contribution >= 0.6 is 12.4 Å². The average molecular weight is 381 g/mol. The van der Waals surface area contributed by atoms with Crippen LogP contribution in [0, 0.1) is 12.8 Å². The summed E-state index contributed by atoms with van der Waals surface area (Å²) in [6.45, 7) is 5.77. The van der Waals surface area contributed by atoms with Crippen LogP contribution in [0.1, 0.15) is 50.5 Å². The van der Waals surface area contributed by atoms with Crippen LogP contribution in [0.2, 0.25) is 0 Å². The Labute approximate surface area is 164 Å². The highest BCUT2D eigenvalue weighted by Crippen LogP contribution is 2.28. The Balaban J connectivity index is 0.00000243. The van der Waals surface area contributed by atoms with Crippen molar-refractivity contribution in [3.63, 3.8) is 0 Å². The van der Waals surface area contributed by atoms with E-state index in [1.807, 2.05) is 18.2 Å². The first-order valence-electron chi connectivity index (χ1n) is 9.91. The summed E-state index contributed by atoms with van der Waals surface area (Å²) in [5, 5.41) is 3.67. The molecule has 0 aromatic heterocycles. The number of carbonyl (C=O) groups is 1. The van der Waals surface area contributed by atoms with Gasteiger partial charge in [-0.05, 0) is 75.6 Å². The molecule has 1 aromatic carbocycles. The summed E-state index contributed by atoms with van der Waals surface area (Å²) in [7, 11) is 0. The molecule has 0 unspecified atom stereocenters. The van der Waals surface area contributed by atoms with E-state index in [9.17, 15) is 4.79 Å². The maximum atomic E-state index is 12.3. The third-order valence-electron chi connectivity index (χ3n) is 5.28. The first-order chi connectivity index (χ1) is 12.2. The second-order valence-electron chi connectivity index (χ2n) is 7.63. The molecule has 2 aliphatic rings. The van der Waals surface area contributed by atoms with Crippen LogP contribution < -0.4 is 10.1 Å². The van der Waals surface area contributed by atoms with Crippen LogP contribution in [0.4, 0.5) is 0 Å². The quantitative estimate of drug-likeness (QED) is 0.659. The van der Waals surface area contributed by atoms with Crippen LogP contribution in [0.15, 0.2) is 24.3 Å². The molecule has 26 heavy (non-hydrogen) atoms. The van der Waals surface area contributed by atoms with Gasteiger partial charge >= 0.3 is 0 Å². The largest absolute Gasteiger partial charge is 0.494 e. The third kappa shape index (κ3) is 7.16. The molecule has 146 valence electrons. The molecular formula is C21H33ClN2O2. The van der Waals surface area contributed by atoms with Crippen molar-refractivity contribution < 1.29 is 9.53 Å². The predicted octanol–water partition coefficient (Wildman–Crippen LogP) is 3.96. The molecule has 0 atom stereocenters. The molecule has 1 amide bonds. The fourth-order valence-corrected chi connectivity index (χ4v) is 3.42. The van der Waals surface area contributed by atoms with E-state index in [1.165, 1.54) is 24.9 Å². The summed E-state index contributed by atoms with van der Waals surface area (Å²) in [6, 6.07) is 8.73. The number of unbranched alkanes of at least 4 members (excludes halogenated alkanes) is 1. The smallest absolute Gasteiger partial charge is 0.222 e. The number of rotatable bonds is 9. The van der Waals surface area contributed by atoms with Gasteiger partial charge in [-0.3, -0.25) is 4.79 Å². The molecule has 1 saturated heterocycles. The first-order valence-corrected chi connectivity index (χ1v) is 9.91. The lowest BCUT2D eigenvalue weighted by Gasteiger charge is -2.32. The van der Waals surface area contributed by atoms with Gasteiger partial charge in [0, 0.05) is 25.6 Å². The van der Waals surface area contributed by atoms with Crippen molar-refractivity contribution in [1.29, 1.82) is 0 Å².